The highest BCUT2D eigenvalue weighted by atomic mass is 31.2. The van der Waals surface area contributed by atoms with Crippen LogP contribution in [-0.4, -0.2) is 31.5 Å². The van der Waals surface area contributed by atoms with Crippen LogP contribution < -0.4 is 0 Å². The Morgan fingerprint density at radius 3 is 2.62 bits per heavy atom. The average molecular weight is 351 g/mol. The Balaban J connectivity index is 2.21. The second-order valence-electron chi connectivity index (χ2n) is 5.61. The molecule has 1 aliphatic rings. The number of aliphatic hydroxyl groups excluding tert-OH is 1. The summed E-state index contributed by atoms with van der Waals surface area (Å²) < 4.78 is 14.4. The van der Waals surface area contributed by atoms with Crippen molar-refractivity contribution >= 4 is 19.2 Å². The zero-order valence-corrected chi connectivity index (χ0v) is 13.8. The van der Waals surface area contributed by atoms with Crippen LogP contribution in [-0.2, 0) is 9.36 Å². The van der Waals surface area contributed by atoms with E-state index in [9.17, 15) is 19.6 Å². The summed E-state index contributed by atoms with van der Waals surface area (Å²) in [5.41, 5.74) is 0.672. The maximum Gasteiger partial charge on any atom is 0.448 e. The SMILES string of the molecule is CC(CC(=O)C1C=C(O)C=C/C1=N\P(=O)(O)O)c1cccc(O)c1. The van der Waals surface area contributed by atoms with Crippen LogP contribution in [0, 0.1) is 5.92 Å². The lowest BCUT2D eigenvalue weighted by Crippen LogP contribution is -2.24. The number of aromatic hydroxyl groups is 1. The van der Waals surface area contributed by atoms with Gasteiger partial charge in [0.2, 0.25) is 0 Å². The molecule has 0 saturated heterocycles. The minimum Gasteiger partial charge on any atom is -0.508 e. The molecule has 0 fully saturated rings. The molecule has 2 unspecified atom stereocenters. The van der Waals surface area contributed by atoms with E-state index < -0.39 is 13.7 Å². The van der Waals surface area contributed by atoms with Gasteiger partial charge in [0.1, 0.15) is 17.3 Å². The van der Waals surface area contributed by atoms with Gasteiger partial charge in [-0.1, -0.05) is 19.1 Å². The van der Waals surface area contributed by atoms with Gasteiger partial charge < -0.3 is 20.0 Å². The number of benzene rings is 1. The summed E-state index contributed by atoms with van der Waals surface area (Å²) in [6.45, 7) is 1.80. The number of ketones is 1. The third kappa shape index (κ3) is 4.89. The van der Waals surface area contributed by atoms with Crippen molar-refractivity contribution in [1.29, 1.82) is 0 Å². The van der Waals surface area contributed by atoms with E-state index >= 15 is 0 Å². The lowest BCUT2D eigenvalue weighted by molar-refractivity contribution is -0.120. The molecule has 0 heterocycles. The van der Waals surface area contributed by atoms with Crippen LogP contribution >= 0.6 is 7.75 Å². The summed E-state index contributed by atoms with van der Waals surface area (Å²) in [6.07, 6.45) is 3.71. The normalized spacial score (nSPS) is 20.7. The van der Waals surface area contributed by atoms with Crippen molar-refractivity contribution in [2.75, 3.05) is 0 Å². The van der Waals surface area contributed by atoms with Gasteiger partial charge in [-0.25, -0.2) is 4.57 Å². The van der Waals surface area contributed by atoms with E-state index in [2.05, 4.69) is 4.76 Å². The predicted octanol–water partition coefficient (Wildman–Crippen LogP) is 2.62. The first-order valence-electron chi connectivity index (χ1n) is 7.22. The minimum absolute atomic E-state index is 0.0614. The number of phenols is 1. The standard InChI is InChI=1S/C16H18NO6P/c1-10(11-3-2-4-12(18)8-11)7-16(20)14-9-13(19)5-6-15(14)17-24(21,22)23/h2-6,8-10,14,18-19H,7H2,1H3,(H2,21,22,23)/b17-15+. The Morgan fingerprint density at radius 1 is 1.29 bits per heavy atom. The van der Waals surface area contributed by atoms with Crippen LogP contribution in [0.5, 0.6) is 5.75 Å². The van der Waals surface area contributed by atoms with E-state index in [0.717, 1.165) is 5.56 Å². The van der Waals surface area contributed by atoms with Crippen molar-refractivity contribution in [3.05, 3.63) is 53.8 Å². The third-order valence-electron chi connectivity index (χ3n) is 3.62. The molecule has 2 rings (SSSR count). The summed E-state index contributed by atoms with van der Waals surface area (Å²) in [7, 11) is -4.69. The van der Waals surface area contributed by atoms with E-state index in [0.29, 0.717) is 0 Å². The van der Waals surface area contributed by atoms with Crippen LogP contribution in [0.15, 0.2) is 53.0 Å². The molecule has 0 aliphatic heterocycles. The third-order valence-corrected chi connectivity index (χ3v) is 4.11. The lowest BCUT2D eigenvalue weighted by atomic mass is 9.86. The number of nitrogens with zero attached hydrogens (tertiary/aromatic N) is 1. The summed E-state index contributed by atoms with van der Waals surface area (Å²) >= 11 is 0. The van der Waals surface area contributed by atoms with Gasteiger partial charge in [-0.3, -0.25) is 4.79 Å². The maximum absolute atomic E-state index is 12.5. The summed E-state index contributed by atoms with van der Waals surface area (Å²) in [5, 5.41) is 19.1. The Labute approximate surface area is 138 Å². The van der Waals surface area contributed by atoms with Crippen molar-refractivity contribution in [1.82, 2.24) is 0 Å². The summed E-state index contributed by atoms with van der Waals surface area (Å²) in [5.74, 6) is -1.66. The largest absolute Gasteiger partial charge is 0.508 e. The van der Waals surface area contributed by atoms with E-state index in [4.69, 9.17) is 9.79 Å². The number of carbonyl (C=O) groups is 1. The fraction of sp³-hybridized carbons (Fsp3) is 0.250. The van der Waals surface area contributed by atoms with Gasteiger partial charge in [0.25, 0.3) is 0 Å². The first kappa shape index (κ1) is 18.1. The lowest BCUT2D eigenvalue weighted by Gasteiger charge is -2.19. The highest BCUT2D eigenvalue weighted by molar-refractivity contribution is 7.50. The van der Waals surface area contributed by atoms with Gasteiger partial charge in [-0.15, -0.1) is 0 Å². The highest BCUT2D eigenvalue weighted by Gasteiger charge is 2.28. The zero-order chi connectivity index (χ0) is 17.9. The van der Waals surface area contributed by atoms with Gasteiger partial charge >= 0.3 is 7.75 Å². The second-order valence-corrected chi connectivity index (χ2v) is 6.83. The zero-order valence-electron chi connectivity index (χ0n) is 12.9. The molecule has 128 valence electrons. The van der Waals surface area contributed by atoms with Gasteiger partial charge in [0, 0.05) is 6.42 Å². The first-order valence-corrected chi connectivity index (χ1v) is 8.78. The smallest absolute Gasteiger partial charge is 0.448 e. The quantitative estimate of drug-likeness (QED) is 0.604. The van der Waals surface area contributed by atoms with Gasteiger partial charge in [-0.2, -0.15) is 4.76 Å². The molecule has 8 heteroatoms. The van der Waals surface area contributed by atoms with Crippen LogP contribution in [0.25, 0.3) is 0 Å². The van der Waals surface area contributed by atoms with Crippen LogP contribution in [0.4, 0.5) is 0 Å². The molecular weight excluding hydrogens is 333 g/mol. The van der Waals surface area contributed by atoms with Crippen molar-refractivity contribution in [2.24, 2.45) is 10.7 Å². The van der Waals surface area contributed by atoms with Crippen molar-refractivity contribution in [2.45, 2.75) is 19.3 Å². The molecule has 24 heavy (non-hydrogen) atoms. The summed E-state index contributed by atoms with van der Waals surface area (Å²) in [6, 6.07) is 6.52. The van der Waals surface area contributed by atoms with Gasteiger partial charge in [-0.05, 0) is 41.8 Å². The number of aliphatic hydroxyl groups is 1. The summed E-state index contributed by atoms with van der Waals surface area (Å²) in [4.78, 5) is 30.5. The maximum atomic E-state index is 12.5. The monoisotopic (exact) mass is 351 g/mol. The van der Waals surface area contributed by atoms with Gasteiger partial charge in [0.05, 0.1) is 11.6 Å². The van der Waals surface area contributed by atoms with Crippen molar-refractivity contribution < 1.29 is 29.4 Å². The molecule has 0 saturated carbocycles. The number of allylic oxidation sites excluding steroid dienone is 3. The molecule has 0 radical (unpaired) electrons. The average Bonchev–Trinajstić information content (AvgIpc) is 2.47. The number of phenolic OH excluding ortho intramolecular Hbond substituents is 1. The fourth-order valence-corrected chi connectivity index (χ4v) is 2.96. The van der Waals surface area contributed by atoms with Crippen molar-refractivity contribution in [3.8, 4) is 5.75 Å². The topological polar surface area (TPSA) is 127 Å². The van der Waals surface area contributed by atoms with Crippen molar-refractivity contribution in [3.63, 3.8) is 0 Å². The number of carbonyl (C=O) groups excluding carboxylic acids is 1. The Hall–Kier alpha value is -2.21. The molecule has 1 aliphatic carbocycles. The molecule has 1 aromatic carbocycles. The van der Waals surface area contributed by atoms with E-state index in [-0.39, 0.29) is 35.3 Å². The first-order chi connectivity index (χ1) is 11.2. The molecule has 4 N–H and O–H groups in total. The molecule has 0 aromatic heterocycles. The number of Topliss-reactive ketones (excluding diaryl/α,β-unsaturated/α-hetero) is 1. The highest BCUT2D eigenvalue weighted by Crippen LogP contribution is 2.38. The molecule has 7 nitrogen and oxygen atoms in total. The molecule has 1 aromatic rings. The van der Waals surface area contributed by atoms with E-state index in [1.165, 1.54) is 24.3 Å². The number of hydrogen-bond acceptors (Lipinski definition) is 4. The predicted molar refractivity (Wildman–Crippen MR) is 89.0 cm³/mol. The van der Waals surface area contributed by atoms with E-state index in [1.807, 2.05) is 0 Å². The second kappa shape index (κ2) is 7.13. The molecule has 0 spiro atoms. The number of rotatable bonds is 5. The Morgan fingerprint density at radius 2 is 2.00 bits per heavy atom. The molecule has 0 bridgehead atoms. The van der Waals surface area contributed by atoms with Crippen LogP contribution in [0.1, 0.15) is 24.8 Å². The van der Waals surface area contributed by atoms with Gasteiger partial charge in [0.15, 0.2) is 0 Å². The fourth-order valence-electron chi connectivity index (χ4n) is 2.47. The van der Waals surface area contributed by atoms with Crippen LogP contribution in [0.3, 0.4) is 0 Å². The van der Waals surface area contributed by atoms with Crippen LogP contribution in [0.2, 0.25) is 0 Å². The molecular formula is C16H18NO6P. The Bertz CT molecular complexity index is 777. The minimum atomic E-state index is -4.69. The molecule has 2 atom stereocenters. The Kier molecular flexibility index (Phi) is 5.39. The number of hydrogen-bond donors (Lipinski definition) is 4. The van der Waals surface area contributed by atoms with E-state index in [1.54, 1.807) is 25.1 Å². The molecule has 0 amide bonds.